The maximum Gasteiger partial charge on any atom is 0.278 e. The van der Waals surface area contributed by atoms with Crippen LogP contribution in [-0.4, -0.2) is 20.9 Å². The first-order valence-corrected chi connectivity index (χ1v) is 7.43. The Bertz CT molecular complexity index is 891. The molecule has 2 aromatic carbocycles. The lowest BCUT2D eigenvalue weighted by Crippen LogP contribution is -2.14. The summed E-state index contributed by atoms with van der Waals surface area (Å²) in [5, 5.41) is 19.6. The lowest BCUT2D eigenvalue weighted by Gasteiger charge is -2.05. The highest BCUT2D eigenvalue weighted by molar-refractivity contribution is 6.03. The number of amides is 1. The highest BCUT2D eigenvalue weighted by Gasteiger charge is 2.16. The largest absolute Gasteiger partial charge is 0.321 e. The third-order valence-electron chi connectivity index (χ3n) is 3.64. The molecule has 1 N–H and O–H groups in total. The maximum atomic E-state index is 12.4. The second-order valence-electron chi connectivity index (χ2n) is 5.31. The number of hydrogen-bond acceptors (Lipinski definition) is 4. The van der Waals surface area contributed by atoms with E-state index in [0.717, 1.165) is 5.56 Å². The van der Waals surface area contributed by atoms with Gasteiger partial charge >= 0.3 is 0 Å². The fourth-order valence-electron chi connectivity index (χ4n) is 2.30. The van der Waals surface area contributed by atoms with Crippen LogP contribution in [0.5, 0.6) is 0 Å². The molecule has 0 aliphatic rings. The van der Waals surface area contributed by atoms with E-state index in [-0.39, 0.29) is 11.6 Å². The van der Waals surface area contributed by atoms with Crippen molar-refractivity contribution in [2.75, 3.05) is 5.32 Å². The molecule has 1 aromatic heterocycles. The molecule has 0 fully saturated rings. The van der Waals surface area contributed by atoms with E-state index in [1.165, 1.54) is 0 Å². The van der Waals surface area contributed by atoms with E-state index >= 15 is 0 Å². The van der Waals surface area contributed by atoms with Gasteiger partial charge in [-0.1, -0.05) is 35.5 Å². The van der Waals surface area contributed by atoms with Crippen LogP contribution in [0.15, 0.2) is 54.6 Å². The number of nitrogens with zero attached hydrogens (tertiary/aromatic N) is 4. The van der Waals surface area contributed by atoms with Crippen molar-refractivity contribution in [2.24, 2.45) is 0 Å². The molecule has 0 spiro atoms. The van der Waals surface area contributed by atoms with Crippen molar-refractivity contribution >= 4 is 11.6 Å². The molecule has 1 amide bonds. The van der Waals surface area contributed by atoms with Crippen LogP contribution in [0.3, 0.4) is 0 Å². The SMILES string of the molecule is Cc1c(C(=O)Nc2ccc(C#N)cc2)nnn1Cc1ccccc1. The molecule has 0 atom stereocenters. The average molecular weight is 317 g/mol. The number of benzene rings is 2. The molecule has 1 heterocycles. The van der Waals surface area contributed by atoms with Crippen molar-refractivity contribution in [2.45, 2.75) is 13.5 Å². The van der Waals surface area contributed by atoms with Gasteiger partial charge in [0.15, 0.2) is 5.69 Å². The summed E-state index contributed by atoms with van der Waals surface area (Å²) in [5.74, 6) is -0.323. The smallest absolute Gasteiger partial charge is 0.278 e. The summed E-state index contributed by atoms with van der Waals surface area (Å²) in [6.07, 6.45) is 0. The molecule has 0 aliphatic heterocycles. The number of rotatable bonds is 4. The number of anilines is 1. The van der Waals surface area contributed by atoms with Gasteiger partial charge in [-0.3, -0.25) is 4.79 Å². The molecule has 0 radical (unpaired) electrons. The molecule has 0 aliphatic carbocycles. The molecule has 3 aromatic rings. The van der Waals surface area contributed by atoms with Crippen LogP contribution in [0, 0.1) is 18.3 Å². The van der Waals surface area contributed by atoms with Crippen molar-refractivity contribution in [3.05, 3.63) is 77.1 Å². The van der Waals surface area contributed by atoms with Gasteiger partial charge in [-0.2, -0.15) is 5.26 Å². The van der Waals surface area contributed by atoms with E-state index in [2.05, 4.69) is 15.6 Å². The molecule has 0 unspecified atom stereocenters. The first kappa shape index (κ1) is 15.4. The summed E-state index contributed by atoms with van der Waals surface area (Å²) in [6, 6.07) is 18.6. The Morgan fingerprint density at radius 3 is 2.54 bits per heavy atom. The monoisotopic (exact) mass is 317 g/mol. The Morgan fingerprint density at radius 2 is 1.88 bits per heavy atom. The molecule has 0 saturated heterocycles. The molecule has 6 heteroatoms. The summed E-state index contributed by atoms with van der Waals surface area (Å²) in [4.78, 5) is 12.4. The normalized spacial score (nSPS) is 10.2. The van der Waals surface area contributed by atoms with Gasteiger partial charge in [0.25, 0.3) is 5.91 Å². The summed E-state index contributed by atoms with van der Waals surface area (Å²) in [5.41, 5.74) is 3.22. The standard InChI is InChI=1S/C18H15N5O/c1-13-17(18(24)20-16-9-7-14(11-19)8-10-16)21-22-23(13)12-15-5-3-2-4-6-15/h2-10H,12H2,1H3,(H,20,24). The van der Waals surface area contributed by atoms with Crippen LogP contribution in [0.1, 0.15) is 27.3 Å². The second-order valence-corrected chi connectivity index (χ2v) is 5.31. The van der Waals surface area contributed by atoms with Crippen LogP contribution in [0.2, 0.25) is 0 Å². The molecular formula is C18H15N5O. The first-order valence-electron chi connectivity index (χ1n) is 7.43. The van der Waals surface area contributed by atoms with Gasteiger partial charge in [0.1, 0.15) is 0 Å². The van der Waals surface area contributed by atoms with Gasteiger partial charge in [0, 0.05) is 5.69 Å². The van der Waals surface area contributed by atoms with Crippen molar-refractivity contribution in [1.82, 2.24) is 15.0 Å². The van der Waals surface area contributed by atoms with E-state index in [4.69, 9.17) is 5.26 Å². The zero-order chi connectivity index (χ0) is 16.9. The van der Waals surface area contributed by atoms with Gasteiger partial charge in [-0.15, -0.1) is 5.10 Å². The van der Waals surface area contributed by atoms with Crippen LogP contribution >= 0.6 is 0 Å². The zero-order valence-corrected chi connectivity index (χ0v) is 13.1. The zero-order valence-electron chi connectivity index (χ0n) is 13.1. The van der Waals surface area contributed by atoms with Crippen molar-refractivity contribution in [3.63, 3.8) is 0 Å². The summed E-state index contributed by atoms with van der Waals surface area (Å²) in [7, 11) is 0. The minimum atomic E-state index is -0.323. The molecule has 24 heavy (non-hydrogen) atoms. The van der Waals surface area contributed by atoms with Gasteiger partial charge in [-0.05, 0) is 36.8 Å². The lowest BCUT2D eigenvalue weighted by molar-refractivity contribution is 0.102. The van der Waals surface area contributed by atoms with Crippen molar-refractivity contribution in [3.8, 4) is 6.07 Å². The predicted octanol–water partition coefficient (Wildman–Crippen LogP) is 2.76. The number of carbonyl (C=O) groups is 1. The number of nitriles is 1. The molecule has 118 valence electrons. The summed E-state index contributed by atoms with van der Waals surface area (Å²) >= 11 is 0. The minimum Gasteiger partial charge on any atom is -0.321 e. The highest BCUT2D eigenvalue weighted by atomic mass is 16.2. The van der Waals surface area contributed by atoms with E-state index in [1.54, 1.807) is 28.9 Å². The number of nitrogens with one attached hydrogen (secondary N) is 1. The molecule has 6 nitrogen and oxygen atoms in total. The quantitative estimate of drug-likeness (QED) is 0.802. The Balaban J connectivity index is 1.74. The molecule has 3 rings (SSSR count). The summed E-state index contributed by atoms with van der Waals surface area (Å²) in [6.45, 7) is 2.38. The Hall–Kier alpha value is -3.46. The Morgan fingerprint density at radius 1 is 1.17 bits per heavy atom. The maximum absolute atomic E-state index is 12.4. The fourth-order valence-corrected chi connectivity index (χ4v) is 2.30. The van der Waals surface area contributed by atoms with Crippen molar-refractivity contribution < 1.29 is 4.79 Å². The third-order valence-corrected chi connectivity index (χ3v) is 3.64. The van der Waals surface area contributed by atoms with Crippen LogP contribution in [-0.2, 0) is 6.54 Å². The van der Waals surface area contributed by atoms with Crippen LogP contribution in [0.4, 0.5) is 5.69 Å². The van der Waals surface area contributed by atoms with Gasteiger partial charge in [0.05, 0.1) is 23.9 Å². The Labute approximate surface area is 139 Å². The fraction of sp³-hybridized carbons (Fsp3) is 0.111. The topological polar surface area (TPSA) is 83.6 Å². The molecule has 0 bridgehead atoms. The molecule has 0 saturated carbocycles. The van der Waals surface area contributed by atoms with E-state index in [1.807, 2.05) is 43.3 Å². The highest BCUT2D eigenvalue weighted by Crippen LogP contribution is 2.13. The predicted molar refractivity (Wildman–Crippen MR) is 89.4 cm³/mol. The van der Waals surface area contributed by atoms with E-state index in [9.17, 15) is 4.79 Å². The lowest BCUT2D eigenvalue weighted by atomic mass is 10.2. The van der Waals surface area contributed by atoms with E-state index in [0.29, 0.717) is 23.5 Å². The third kappa shape index (κ3) is 3.31. The second kappa shape index (κ2) is 6.75. The van der Waals surface area contributed by atoms with Gasteiger partial charge in [0.2, 0.25) is 0 Å². The number of carbonyl (C=O) groups excluding carboxylic acids is 1. The first-order chi connectivity index (χ1) is 11.7. The van der Waals surface area contributed by atoms with Crippen LogP contribution < -0.4 is 5.32 Å². The Kier molecular flexibility index (Phi) is 4.34. The average Bonchev–Trinajstić information content (AvgIpc) is 2.97. The van der Waals surface area contributed by atoms with Crippen LogP contribution in [0.25, 0.3) is 0 Å². The van der Waals surface area contributed by atoms with Crippen molar-refractivity contribution in [1.29, 1.82) is 5.26 Å². The summed E-state index contributed by atoms with van der Waals surface area (Å²) < 4.78 is 1.70. The molecular weight excluding hydrogens is 302 g/mol. The van der Waals surface area contributed by atoms with Gasteiger partial charge in [-0.25, -0.2) is 4.68 Å². The minimum absolute atomic E-state index is 0.287. The number of aromatic nitrogens is 3. The van der Waals surface area contributed by atoms with E-state index < -0.39 is 0 Å². The van der Waals surface area contributed by atoms with Gasteiger partial charge < -0.3 is 5.32 Å². The number of hydrogen-bond donors (Lipinski definition) is 1.